The first kappa shape index (κ1) is 13.1. The van der Waals surface area contributed by atoms with Gasteiger partial charge in [-0.2, -0.15) is 0 Å². The Morgan fingerprint density at radius 1 is 1.35 bits per heavy atom. The fraction of sp³-hybridized carbons (Fsp3) is 0.429. The van der Waals surface area contributed by atoms with Crippen molar-refractivity contribution >= 4 is 37.4 Å². The van der Waals surface area contributed by atoms with Gasteiger partial charge in [-0.05, 0) is 35.2 Å². The van der Waals surface area contributed by atoms with Crippen molar-refractivity contribution in [3.63, 3.8) is 0 Å². The maximum absolute atomic E-state index is 3.64. The number of rotatable bonds is 6. The highest BCUT2D eigenvalue weighted by Crippen LogP contribution is 2.25. The maximum atomic E-state index is 3.64. The summed E-state index contributed by atoms with van der Waals surface area (Å²) in [5.41, 5.74) is 1.43. The normalized spacial score (nSPS) is 13.1. The second-order valence-electron chi connectivity index (χ2n) is 4.22. The molecule has 0 fully saturated rings. The van der Waals surface area contributed by atoms with E-state index in [-0.39, 0.29) is 0 Å². The van der Waals surface area contributed by atoms with Gasteiger partial charge in [-0.1, -0.05) is 41.1 Å². The molecule has 0 aliphatic carbocycles. The van der Waals surface area contributed by atoms with Crippen molar-refractivity contribution in [1.82, 2.24) is 5.32 Å². The first-order valence-electron chi connectivity index (χ1n) is 6.09. The Labute approximate surface area is 115 Å². The Morgan fingerprint density at radius 2 is 2.18 bits per heavy atom. The van der Waals surface area contributed by atoms with Gasteiger partial charge in [-0.25, -0.2) is 0 Å². The lowest BCUT2D eigenvalue weighted by atomic mass is 10.1. The molecule has 1 aromatic carbocycles. The number of benzene rings is 1. The average molecular weight is 312 g/mol. The standard InChI is InChI=1S/C14H18BrNS/c1-2-12(7-8-15)16-9-11-10-17-14-6-4-3-5-13(11)14/h3-6,10,12,16H,2,7-9H2,1H3. The zero-order valence-electron chi connectivity index (χ0n) is 10.1. The molecule has 1 heterocycles. The molecule has 0 radical (unpaired) electrons. The average Bonchev–Trinajstić information content (AvgIpc) is 2.78. The van der Waals surface area contributed by atoms with Crippen molar-refractivity contribution in [2.45, 2.75) is 32.4 Å². The third-order valence-corrected chi connectivity index (χ3v) is 4.56. The van der Waals surface area contributed by atoms with Crippen LogP contribution in [0.15, 0.2) is 29.6 Å². The molecule has 0 bridgehead atoms. The molecule has 1 atom stereocenters. The molecule has 1 nitrogen and oxygen atoms in total. The summed E-state index contributed by atoms with van der Waals surface area (Å²) in [7, 11) is 0. The Morgan fingerprint density at radius 3 is 2.94 bits per heavy atom. The molecule has 1 aromatic heterocycles. The van der Waals surface area contributed by atoms with Crippen LogP contribution in [0.25, 0.3) is 10.1 Å². The molecule has 92 valence electrons. The van der Waals surface area contributed by atoms with Gasteiger partial charge in [0, 0.05) is 22.6 Å². The lowest BCUT2D eigenvalue weighted by molar-refractivity contribution is 0.489. The fourth-order valence-electron chi connectivity index (χ4n) is 2.01. The lowest BCUT2D eigenvalue weighted by Crippen LogP contribution is -2.28. The molecule has 0 aliphatic heterocycles. The van der Waals surface area contributed by atoms with Crippen LogP contribution in [-0.4, -0.2) is 11.4 Å². The van der Waals surface area contributed by atoms with E-state index in [1.165, 1.54) is 28.5 Å². The van der Waals surface area contributed by atoms with Crippen molar-refractivity contribution in [3.05, 3.63) is 35.2 Å². The van der Waals surface area contributed by atoms with Crippen molar-refractivity contribution in [1.29, 1.82) is 0 Å². The molecule has 1 unspecified atom stereocenters. The Kier molecular flexibility index (Phi) is 5.01. The molecule has 0 spiro atoms. The van der Waals surface area contributed by atoms with Gasteiger partial charge in [0.15, 0.2) is 0 Å². The molecule has 0 amide bonds. The van der Waals surface area contributed by atoms with E-state index in [1.807, 2.05) is 11.3 Å². The van der Waals surface area contributed by atoms with E-state index in [0.29, 0.717) is 6.04 Å². The summed E-state index contributed by atoms with van der Waals surface area (Å²) in [5, 5.41) is 8.39. The summed E-state index contributed by atoms with van der Waals surface area (Å²) >= 11 is 5.35. The predicted octanol–water partition coefficient (Wildman–Crippen LogP) is 4.55. The van der Waals surface area contributed by atoms with Crippen LogP contribution >= 0.6 is 27.3 Å². The van der Waals surface area contributed by atoms with E-state index < -0.39 is 0 Å². The van der Waals surface area contributed by atoms with Gasteiger partial charge in [0.05, 0.1) is 0 Å². The number of hydrogen-bond acceptors (Lipinski definition) is 2. The summed E-state index contributed by atoms with van der Waals surface area (Å²) in [6.07, 6.45) is 2.38. The predicted molar refractivity (Wildman–Crippen MR) is 81.2 cm³/mol. The molecule has 3 heteroatoms. The quantitative estimate of drug-likeness (QED) is 0.771. The molecule has 1 N–H and O–H groups in total. The van der Waals surface area contributed by atoms with Crippen molar-refractivity contribution in [2.24, 2.45) is 0 Å². The van der Waals surface area contributed by atoms with E-state index in [1.54, 1.807) is 0 Å². The van der Waals surface area contributed by atoms with Gasteiger partial charge in [-0.15, -0.1) is 11.3 Å². The summed E-state index contributed by atoms with van der Waals surface area (Å²) in [4.78, 5) is 0. The first-order chi connectivity index (χ1) is 8.35. The molecule has 0 saturated heterocycles. The maximum Gasteiger partial charge on any atom is 0.0346 e. The zero-order chi connectivity index (χ0) is 12.1. The number of nitrogens with one attached hydrogen (secondary N) is 1. The van der Waals surface area contributed by atoms with Crippen LogP contribution in [0.2, 0.25) is 0 Å². The summed E-state index contributed by atoms with van der Waals surface area (Å²) in [6.45, 7) is 3.22. The van der Waals surface area contributed by atoms with Crippen molar-refractivity contribution in [3.8, 4) is 0 Å². The van der Waals surface area contributed by atoms with Crippen molar-refractivity contribution in [2.75, 3.05) is 5.33 Å². The van der Waals surface area contributed by atoms with Gasteiger partial charge in [0.1, 0.15) is 0 Å². The monoisotopic (exact) mass is 311 g/mol. The molecule has 0 aliphatic rings. The molecule has 17 heavy (non-hydrogen) atoms. The first-order valence-corrected chi connectivity index (χ1v) is 8.09. The van der Waals surface area contributed by atoms with Crippen LogP contribution in [0.1, 0.15) is 25.3 Å². The smallest absolute Gasteiger partial charge is 0.0346 e. The molecule has 2 rings (SSSR count). The molecular formula is C14H18BrNS. The van der Waals surface area contributed by atoms with Crippen molar-refractivity contribution < 1.29 is 0 Å². The zero-order valence-corrected chi connectivity index (χ0v) is 12.5. The summed E-state index contributed by atoms with van der Waals surface area (Å²) in [6, 6.07) is 9.26. The minimum atomic E-state index is 0.619. The lowest BCUT2D eigenvalue weighted by Gasteiger charge is -2.15. The van der Waals surface area contributed by atoms with Crippen LogP contribution in [0.5, 0.6) is 0 Å². The fourth-order valence-corrected chi connectivity index (χ4v) is 3.52. The van der Waals surface area contributed by atoms with E-state index in [4.69, 9.17) is 0 Å². The number of fused-ring (bicyclic) bond motifs is 1. The van der Waals surface area contributed by atoms with Crippen LogP contribution in [0.4, 0.5) is 0 Å². The van der Waals surface area contributed by atoms with E-state index >= 15 is 0 Å². The van der Waals surface area contributed by atoms with Gasteiger partial charge in [0.25, 0.3) is 0 Å². The van der Waals surface area contributed by atoms with Gasteiger partial charge < -0.3 is 5.32 Å². The van der Waals surface area contributed by atoms with Crippen LogP contribution in [-0.2, 0) is 6.54 Å². The molecule has 0 saturated carbocycles. The third kappa shape index (κ3) is 3.30. The molecular weight excluding hydrogens is 294 g/mol. The highest BCUT2D eigenvalue weighted by molar-refractivity contribution is 9.09. The van der Waals surface area contributed by atoms with Crippen LogP contribution < -0.4 is 5.32 Å². The summed E-state index contributed by atoms with van der Waals surface area (Å²) in [5.74, 6) is 0. The number of halogens is 1. The number of hydrogen-bond donors (Lipinski definition) is 1. The molecule has 2 aromatic rings. The van der Waals surface area contributed by atoms with Crippen LogP contribution in [0.3, 0.4) is 0 Å². The van der Waals surface area contributed by atoms with Gasteiger partial charge in [0.2, 0.25) is 0 Å². The highest BCUT2D eigenvalue weighted by Gasteiger charge is 2.07. The van der Waals surface area contributed by atoms with E-state index in [9.17, 15) is 0 Å². The summed E-state index contributed by atoms with van der Waals surface area (Å²) < 4.78 is 1.39. The highest BCUT2D eigenvalue weighted by atomic mass is 79.9. The van der Waals surface area contributed by atoms with Gasteiger partial charge in [-0.3, -0.25) is 0 Å². The second-order valence-corrected chi connectivity index (χ2v) is 5.93. The SMILES string of the molecule is CCC(CCBr)NCc1csc2ccccc12. The van der Waals surface area contributed by atoms with E-state index in [0.717, 1.165) is 11.9 Å². The number of alkyl halides is 1. The largest absolute Gasteiger partial charge is 0.310 e. The van der Waals surface area contributed by atoms with E-state index in [2.05, 4.69) is 57.8 Å². The Balaban J connectivity index is 2.03. The second kappa shape index (κ2) is 6.53. The number of thiophene rings is 1. The minimum Gasteiger partial charge on any atom is -0.310 e. The van der Waals surface area contributed by atoms with Crippen LogP contribution in [0, 0.1) is 0 Å². The third-order valence-electron chi connectivity index (χ3n) is 3.09. The minimum absolute atomic E-state index is 0.619. The van der Waals surface area contributed by atoms with Gasteiger partial charge >= 0.3 is 0 Å². The topological polar surface area (TPSA) is 12.0 Å². The Hall–Kier alpha value is -0.380. The Bertz CT molecular complexity index is 466.